The number of carboxylic acid groups (broad SMARTS) is 1. The molecule has 1 saturated carbocycles. The van der Waals surface area contributed by atoms with Crippen molar-refractivity contribution in [2.24, 2.45) is 0 Å². The van der Waals surface area contributed by atoms with Gasteiger partial charge >= 0.3 is 5.97 Å². The Morgan fingerprint density at radius 1 is 1.47 bits per heavy atom. The Morgan fingerprint density at radius 3 is 2.68 bits per heavy atom. The van der Waals surface area contributed by atoms with Crippen molar-refractivity contribution >= 4 is 17.7 Å². The van der Waals surface area contributed by atoms with Crippen molar-refractivity contribution in [3.63, 3.8) is 0 Å². The smallest absolute Gasteiger partial charge is 0.324 e. The zero-order chi connectivity index (χ0) is 14.0. The quantitative estimate of drug-likeness (QED) is 0.786. The molecule has 19 heavy (non-hydrogen) atoms. The summed E-state index contributed by atoms with van der Waals surface area (Å²) in [5, 5.41) is 12.7. The molecule has 1 aromatic rings. The molecule has 2 rings (SSSR count). The van der Waals surface area contributed by atoms with Gasteiger partial charge in [0.25, 0.3) is 0 Å². The van der Waals surface area contributed by atoms with Gasteiger partial charge < -0.3 is 5.11 Å². The molecule has 0 radical (unpaired) electrons. The van der Waals surface area contributed by atoms with Crippen molar-refractivity contribution in [2.45, 2.75) is 50.1 Å². The Kier molecular flexibility index (Phi) is 4.21. The summed E-state index contributed by atoms with van der Waals surface area (Å²) in [5.41, 5.74) is 1.60. The van der Waals surface area contributed by atoms with E-state index in [2.05, 4.69) is 37.4 Å². The van der Waals surface area contributed by atoms with Crippen LogP contribution in [0.1, 0.15) is 30.9 Å². The Bertz CT molecular complexity index is 485. The van der Waals surface area contributed by atoms with Crippen LogP contribution in [0.15, 0.2) is 23.1 Å². The predicted molar refractivity (Wildman–Crippen MR) is 78.8 cm³/mol. The number of aliphatic carboxylic acids is 1. The minimum absolute atomic E-state index is 0.390. The second-order valence-electron chi connectivity index (χ2n) is 5.61. The maximum Gasteiger partial charge on any atom is 0.324 e. The van der Waals surface area contributed by atoms with Gasteiger partial charge in [0, 0.05) is 16.7 Å². The number of aryl methyl sites for hydroxylation is 2. The summed E-state index contributed by atoms with van der Waals surface area (Å²) in [6.07, 6.45) is 2.19. The van der Waals surface area contributed by atoms with Crippen molar-refractivity contribution < 1.29 is 9.90 Å². The van der Waals surface area contributed by atoms with Gasteiger partial charge in [-0.05, 0) is 45.2 Å². The Hall–Kier alpha value is -1.00. The van der Waals surface area contributed by atoms with Crippen LogP contribution in [0.5, 0.6) is 0 Å². The van der Waals surface area contributed by atoms with Crippen LogP contribution in [-0.2, 0) is 4.79 Å². The Balaban J connectivity index is 2.03. The molecule has 0 heterocycles. The lowest BCUT2D eigenvalue weighted by molar-refractivity contribution is -0.143. The van der Waals surface area contributed by atoms with E-state index in [1.807, 2.05) is 0 Å². The number of carbonyl (C=O) groups is 1. The molecule has 0 aliphatic heterocycles. The molecule has 2 N–H and O–H groups in total. The molecule has 3 nitrogen and oxygen atoms in total. The average molecular weight is 279 g/mol. The Labute approximate surface area is 118 Å². The van der Waals surface area contributed by atoms with Crippen molar-refractivity contribution in [3.8, 4) is 0 Å². The molecule has 0 saturated heterocycles. The van der Waals surface area contributed by atoms with Crippen LogP contribution >= 0.6 is 11.8 Å². The van der Waals surface area contributed by atoms with Crippen molar-refractivity contribution in [3.05, 3.63) is 29.3 Å². The number of benzene rings is 1. The molecule has 1 unspecified atom stereocenters. The van der Waals surface area contributed by atoms with Crippen LogP contribution in [0.2, 0.25) is 0 Å². The molecule has 0 amide bonds. The van der Waals surface area contributed by atoms with E-state index in [4.69, 9.17) is 0 Å². The van der Waals surface area contributed by atoms with Crippen LogP contribution in [0.25, 0.3) is 0 Å². The molecule has 0 aromatic heterocycles. The predicted octanol–water partition coefficient (Wildman–Crippen LogP) is 2.99. The summed E-state index contributed by atoms with van der Waals surface area (Å²) in [5.74, 6) is -0.223. The first-order valence-corrected chi connectivity index (χ1v) is 7.60. The lowest BCUT2D eigenvalue weighted by Crippen LogP contribution is -2.52. The highest BCUT2D eigenvalue weighted by Gasteiger charge is 2.38. The number of rotatable bonds is 6. The first kappa shape index (κ1) is 14.4. The van der Waals surface area contributed by atoms with Crippen LogP contribution in [0.3, 0.4) is 0 Å². The van der Waals surface area contributed by atoms with Gasteiger partial charge in [-0.15, -0.1) is 11.8 Å². The highest BCUT2D eigenvalue weighted by molar-refractivity contribution is 7.99. The third kappa shape index (κ3) is 3.74. The lowest BCUT2D eigenvalue weighted by atomic mass is 10.1. The van der Waals surface area contributed by atoms with Crippen molar-refractivity contribution in [1.29, 1.82) is 0 Å². The molecule has 1 aliphatic rings. The molecule has 0 spiro atoms. The summed E-state index contributed by atoms with van der Waals surface area (Å²) in [6.45, 7) is 5.92. The van der Waals surface area contributed by atoms with E-state index >= 15 is 0 Å². The van der Waals surface area contributed by atoms with Gasteiger partial charge in [0.2, 0.25) is 0 Å². The van der Waals surface area contributed by atoms with E-state index in [1.54, 1.807) is 18.7 Å². The molecule has 1 aromatic carbocycles. The number of carboxylic acids is 1. The van der Waals surface area contributed by atoms with Gasteiger partial charge in [0.1, 0.15) is 5.54 Å². The fourth-order valence-electron chi connectivity index (χ4n) is 2.03. The minimum Gasteiger partial charge on any atom is -0.480 e. The summed E-state index contributed by atoms with van der Waals surface area (Å²) >= 11 is 1.62. The number of hydrogen-bond donors (Lipinski definition) is 2. The largest absolute Gasteiger partial charge is 0.480 e. The summed E-state index contributed by atoms with van der Waals surface area (Å²) < 4.78 is 0. The summed E-state index contributed by atoms with van der Waals surface area (Å²) in [4.78, 5) is 12.6. The highest BCUT2D eigenvalue weighted by Crippen LogP contribution is 2.29. The topological polar surface area (TPSA) is 49.3 Å². The van der Waals surface area contributed by atoms with Crippen LogP contribution in [0, 0.1) is 13.8 Å². The monoisotopic (exact) mass is 279 g/mol. The highest BCUT2D eigenvalue weighted by atomic mass is 32.2. The van der Waals surface area contributed by atoms with Gasteiger partial charge in [-0.25, -0.2) is 0 Å². The zero-order valence-corrected chi connectivity index (χ0v) is 12.5. The fourth-order valence-corrected chi connectivity index (χ4v) is 3.13. The van der Waals surface area contributed by atoms with Gasteiger partial charge in [-0.2, -0.15) is 0 Å². The van der Waals surface area contributed by atoms with Gasteiger partial charge in [-0.3, -0.25) is 10.1 Å². The molecule has 1 aliphatic carbocycles. The van der Waals surface area contributed by atoms with E-state index in [0.29, 0.717) is 11.8 Å². The first-order valence-electron chi connectivity index (χ1n) is 6.62. The van der Waals surface area contributed by atoms with Crippen LogP contribution in [0.4, 0.5) is 0 Å². The van der Waals surface area contributed by atoms with Gasteiger partial charge in [-0.1, -0.05) is 17.7 Å². The minimum atomic E-state index is -0.844. The van der Waals surface area contributed by atoms with E-state index in [-0.39, 0.29) is 0 Å². The maximum absolute atomic E-state index is 11.5. The number of nitrogens with one attached hydrogen (secondary N) is 1. The fraction of sp³-hybridized carbons (Fsp3) is 0.533. The van der Waals surface area contributed by atoms with E-state index < -0.39 is 11.5 Å². The molecule has 0 bridgehead atoms. The van der Waals surface area contributed by atoms with E-state index in [1.165, 1.54) is 11.1 Å². The van der Waals surface area contributed by atoms with Crippen molar-refractivity contribution in [1.82, 2.24) is 5.32 Å². The molecular weight excluding hydrogens is 258 g/mol. The Morgan fingerprint density at radius 2 is 2.16 bits per heavy atom. The van der Waals surface area contributed by atoms with Gasteiger partial charge in [0.15, 0.2) is 0 Å². The lowest BCUT2D eigenvalue weighted by Gasteiger charge is -2.26. The SMILES string of the molecule is Cc1ccc(SCC(C)(NC2CC2)C(=O)O)c(C)c1. The third-order valence-corrected chi connectivity index (χ3v) is 4.91. The molecular formula is C15H21NO2S. The van der Waals surface area contributed by atoms with E-state index in [9.17, 15) is 9.90 Å². The second kappa shape index (κ2) is 5.55. The number of thioether (sulfide) groups is 1. The molecule has 4 heteroatoms. The molecule has 104 valence electrons. The number of hydrogen-bond acceptors (Lipinski definition) is 3. The first-order chi connectivity index (χ1) is 8.90. The van der Waals surface area contributed by atoms with Crippen LogP contribution < -0.4 is 5.32 Å². The summed E-state index contributed by atoms with van der Waals surface area (Å²) in [7, 11) is 0. The van der Waals surface area contributed by atoms with Gasteiger partial charge in [0.05, 0.1) is 0 Å². The standard InChI is InChI=1S/C15H21NO2S/c1-10-4-7-13(11(2)8-10)19-9-15(3,14(17)18)16-12-5-6-12/h4,7-8,12,16H,5-6,9H2,1-3H3,(H,17,18). The average Bonchev–Trinajstić information content (AvgIpc) is 3.11. The van der Waals surface area contributed by atoms with Crippen molar-refractivity contribution in [2.75, 3.05) is 5.75 Å². The maximum atomic E-state index is 11.5. The third-order valence-electron chi connectivity index (χ3n) is 3.42. The molecule has 1 atom stereocenters. The normalized spacial score (nSPS) is 18.1. The zero-order valence-electron chi connectivity index (χ0n) is 11.7. The second-order valence-corrected chi connectivity index (χ2v) is 6.63. The molecule has 1 fully saturated rings. The summed E-state index contributed by atoms with van der Waals surface area (Å²) in [6, 6.07) is 6.67. The van der Waals surface area contributed by atoms with Crippen LogP contribution in [-0.4, -0.2) is 28.4 Å². The van der Waals surface area contributed by atoms with E-state index in [0.717, 1.165) is 17.7 Å².